The molecule has 0 amide bonds. The van der Waals surface area contributed by atoms with Gasteiger partial charge in [-0.2, -0.15) is 0 Å². The molecular formula is C10H22NO3P. The van der Waals surface area contributed by atoms with E-state index in [9.17, 15) is 4.89 Å². The summed E-state index contributed by atoms with van der Waals surface area (Å²) in [5.74, 6) is 0.717. The molecule has 0 radical (unpaired) electrons. The lowest BCUT2D eigenvalue weighted by Gasteiger charge is -2.25. The third-order valence-electron chi connectivity index (χ3n) is 2.86. The zero-order valence-corrected chi connectivity index (χ0v) is 10.3. The quantitative estimate of drug-likeness (QED) is 0.692. The highest BCUT2D eigenvalue weighted by molar-refractivity contribution is 7.40. The summed E-state index contributed by atoms with van der Waals surface area (Å²) < 4.78 is 10.1. The molecular weight excluding hydrogens is 213 g/mol. The van der Waals surface area contributed by atoms with Crippen molar-refractivity contribution in [3.8, 4) is 0 Å². The van der Waals surface area contributed by atoms with Gasteiger partial charge in [0.15, 0.2) is 0 Å². The molecule has 1 unspecified atom stereocenters. The van der Waals surface area contributed by atoms with Gasteiger partial charge in [-0.15, -0.1) is 0 Å². The van der Waals surface area contributed by atoms with Crippen LogP contribution in [0.5, 0.6) is 0 Å². The molecule has 0 saturated heterocycles. The molecule has 1 rings (SSSR count). The van der Waals surface area contributed by atoms with Crippen LogP contribution in [0.15, 0.2) is 0 Å². The second-order valence-electron chi connectivity index (χ2n) is 4.06. The number of rotatable bonds is 6. The first-order valence-corrected chi connectivity index (χ1v) is 6.85. The highest BCUT2D eigenvalue weighted by Gasteiger charge is 2.18. The summed E-state index contributed by atoms with van der Waals surface area (Å²) in [7, 11) is -1.64. The van der Waals surface area contributed by atoms with Gasteiger partial charge in [0, 0.05) is 6.04 Å². The summed E-state index contributed by atoms with van der Waals surface area (Å²) in [6, 6.07) is 0.403. The van der Waals surface area contributed by atoms with E-state index >= 15 is 0 Å². The van der Waals surface area contributed by atoms with Crippen molar-refractivity contribution >= 4 is 8.60 Å². The maximum atomic E-state index is 9.22. The minimum Gasteiger partial charge on any atom is -0.328 e. The fourth-order valence-electron chi connectivity index (χ4n) is 1.92. The Labute approximate surface area is 93.1 Å². The largest absolute Gasteiger partial charge is 0.329 e. The number of hydrogen-bond donors (Lipinski definition) is 2. The summed E-state index contributed by atoms with van der Waals surface area (Å²) in [5.41, 5.74) is 5.83. The molecule has 0 aromatic rings. The third-order valence-corrected chi connectivity index (χ3v) is 3.74. The second kappa shape index (κ2) is 7.53. The van der Waals surface area contributed by atoms with E-state index in [1.54, 1.807) is 0 Å². The van der Waals surface area contributed by atoms with Gasteiger partial charge in [-0.3, -0.25) is 0 Å². The Kier molecular flexibility index (Phi) is 6.69. The van der Waals surface area contributed by atoms with Gasteiger partial charge >= 0.3 is 8.60 Å². The van der Waals surface area contributed by atoms with E-state index in [2.05, 4.69) is 0 Å². The van der Waals surface area contributed by atoms with Gasteiger partial charge in [0.2, 0.25) is 0 Å². The van der Waals surface area contributed by atoms with Crippen LogP contribution in [-0.4, -0.2) is 24.1 Å². The van der Waals surface area contributed by atoms with Crippen molar-refractivity contribution in [2.45, 2.75) is 45.1 Å². The van der Waals surface area contributed by atoms with Gasteiger partial charge in [-0.1, -0.05) is 0 Å². The number of nitrogens with two attached hydrogens (primary N) is 1. The van der Waals surface area contributed by atoms with Crippen LogP contribution in [0.25, 0.3) is 0 Å². The highest BCUT2D eigenvalue weighted by Crippen LogP contribution is 2.34. The van der Waals surface area contributed by atoms with Gasteiger partial charge in [0.1, 0.15) is 0 Å². The summed E-state index contributed by atoms with van der Waals surface area (Å²) in [6.07, 6.45) is 5.66. The molecule has 1 aliphatic carbocycles. The van der Waals surface area contributed by atoms with Crippen molar-refractivity contribution in [1.29, 1.82) is 0 Å². The Balaban J connectivity index is 2.00. The fourth-order valence-corrected chi connectivity index (χ4v) is 2.48. The predicted molar refractivity (Wildman–Crippen MR) is 61.3 cm³/mol. The van der Waals surface area contributed by atoms with Crippen molar-refractivity contribution < 1.29 is 13.9 Å². The van der Waals surface area contributed by atoms with Crippen LogP contribution < -0.4 is 5.73 Å². The summed E-state index contributed by atoms with van der Waals surface area (Å²) in [4.78, 5) is 9.22. The van der Waals surface area contributed by atoms with Gasteiger partial charge in [0.05, 0.1) is 13.2 Å². The van der Waals surface area contributed by atoms with Gasteiger partial charge < -0.3 is 19.7 Å². The molecule has 3 N–H and O–H groups in total. The van der Waals surface area contributed by atoms with Crippen LogP contribution in [-0.2, 0) is 9.05 Å². The van der Waals surface area contributed by atoms with Crippen molar-refractivity contribution in [1.82, 2.24) is 0 Å². The van der Waals surface area contributed by atoms with E-state index in [0.717, 1.165) is 25.2 Å². The van der Waals surface area contributed by atoms with Crippen LogP contribution in [0, 0.1) is 5.92 Å². The molecule has 0 aromatic carbocycles. The molecule has 1 atom stereocenters. The van der Waals surface area contributed by atoms with E-state index in [1.165, 1.54) is 12.8 Å². The van der Waals surface area contributed by atoms with E-state index < -0.39 is 8.60 Å². The van der Waals surface area contributed by atoms with Crippen LogP contribution in [0.4, 0.5) is 0 Å². The molecule has 0 heterocycles. The SMILES string of the molecule is CCOP(O)OCCC1CCC(N)CC1. The standard InChI is InChI=1S/C10H22NO3P/c1-2-13-15(12)14-8-7-9-3-5-10(11)6-4-9/h9-10,12H,2-8,11H2,1H3. The molecule has 4 nitrogen and oxygen atoms in total. The molecule has 5 heteroatoms. The fraction of sp³-hybridized carbons (Fsp3) is 1.00. The highest BCUT2D eigenvalue weighted by atomic mass is 31.2. The van der Waals surface area contributed by atoms with Crippen LogP contribution >= 0.6 is 8.60 Å². The molecule has 15 heavy (non-hydrogen) atoms. The Hall–Kier alpha value is 0.270. The maximum Gasteiger partial charge on any atom is 0.329 e. The first kappa shape index (κ1) is 13.3. The average Bonchev–Trinajstić information content (AvgIpc) is 2.21. The molecule has 0 spiro atoms. The maximum absolute atomic E-state index is 9.22. The lowest BCUT2D eigenvalue weighted by atomic mass is 9.85. The predicted octanol–water partition coefficient (Wildman–Crippen LogP) is 2.17. The Bertz CT molecular complexity index is 163. The Morgan fingerprint density at radius 1 is 1.27 bits per heavy atom. The molecule has 0 bridgehead atoms. The number of hydrogen-bond acceptors (Lipinski definition) is 4. The molecule has 1 fully saturated rings. The topological polar surface area (TPSA) is 64.7 Å². The van der Waals surface area contributed by atoms with Crippen LogP contribution in [0.2, 0.25) is 0 Å². The summed E-state index contributed by atoms with van der Waals surface area (Å²) >= 11 is 0. The lowest BCUT2D eigenvalue weighted by molar-refractivity contribution is 0.184. The summed E-state index contributed by atoms with van der Waals surface area (Å²) in [5, 5.41) is 0. The zero-order valence-electron chi connectivity index (χ0n) is 9.39. The van der Waals surface area contributed by atoms with Crippen LogP contribution in [0.3, 0.4) is 0 Å². The lowest BCUT2D eigenvalue weighted by Crippen LogP contribution is -2.26. The van der Waals surface area contributed by atoms with Crippen LogP contribution in [0.1, 0.15) is 39.0 Å². The van der Waals surface area contributed by atoms with Crippen molar-refractivity contribution in [2.75, 3.05) is 13.2 Å². The van der Waals surface area contributed by atoms with E-state index in [0.29, 0.717) is 19.3 Å². The third kappa shape index (κ3) is 5.79. The van der Waals surface area contributed by atoms with E-state index in [-0.39, 0.29) is 0 Å². The van der Waals surface area contributed by atoms with Crippen molar-refractivity contribution in [3.05, 3.63) is 0 Å². The van der Waals surface area contributed by atoms with E-state index in [4.69, 9.17) is 14.8 Å². The summed E-state index contributed by atoms with van der Waals surface area (Å²) in [6.45, 7) is 2.94. The van der Waals surface area contributed by atoms with E-state index in [1.807, 2.05) is 6.92 Å². The first-order valence-electron chi connectivity index (χ1n) is 5.72. The van der Waals surface area contributed by atoms with Gasteiger partial charge in [0.25, 0.3) is 0 Å². The second-order valence-corrected chi connectivity index (χ2v) is 5.05. The minimum atomic E-state index is -1.64. The molecule has 1 aliphatic rings. The average molecular weight is 235 g/mol. The Morgan fingerprint density at radius 3 is 2.53 bits per heavy atom. The zero-order chi connectivity index (χ0) is 11.1. The molecule has 1 saturated carbocycles. The molecule has 0 aliphatic heterocycles. The molecule has 90 valence electrons. The first-order chi connectivity index (χ1) is 7.22. The van der Waals surface area contributed by atoms with Crippen molar-refractivity contribution in [3.63, 3.8) is 0 Å². The Morgan fingerprint density at radius 2 is 1.93 bits per heavy atom. The normalized spacial score (nSPS) is 29.0. The smallest absolute Gasteiger partial charge is 0.328 e. The molecule has 0 aromatic heterocycles. The minimum absolute atomic E-state index is 0.403. The van der Waals surface area contributed by atoms with Gasteiger partial charge in [-0.05, 0) is 44.9 Å². The monoisotopic (exact) mass is 235 g/mol. The van der Waals surface area contributed by atoms with Crippen molar-refractivity contribution in [2.24, 2.45) is 11.7 Å². The van der Waals surface area contributed by atoms with Gasteiger partial charge in [-0.25, -0.2) is 0 Å².